The van der Waals surface area contributed by atoms with Crippen molar-refractivity contribution in [1.29, 1.82) is 0 Å². The molecule has 0 amide bonds. The lowest BCUT2D eigenvalue weighted by Gasteiger charge is -2.45. The Kier molecular flexibility index (Phi) is 4.94. The molecule has 6 rings (SSSR count). The predicted molar refractivity (Wildman–Crippen MR) is 137 cm³/mol. The van der Waals surface area contributed by atoms with Gasteiger partial charge in [-0.05, 0) is 40.8 Å². The van der Waals surface area contributed by atoms with E-state index in [2.05, 4.69) is 13.8 Å². The van der Waals surface area contributed by atoms with Crippen molar-refractivity contribution in [2.24, 2.45) is 5.41 Å². The van der Waals surface area contributed by atoms with E-state index in [1.165, 1.54) is 0 Å². The molecule has 2 heterocycles. The molecule has 0 radical (unpaired) electrons. The quantitative estimate of drug-likeness (QED) is 0.330. The predicted octanol–water partition coefficient (Wildman–Crippen LogP) is 6.17. The molecule has 36 heavy (non-hydrogen) atoms. The zero-order valence-corrected chi connectivity index (χ0v) is 20.5. The largest absolute Gasteiger partial charge is 0.497 e. The van der Waals surface area contributed by atoms with Crippen LogP contribution in [0, 0.1) is 5.41 Å². The average molecular weight is 479 g/mol. The molecule has 0 saturated carbocycles. The van der Waals surface area contributed by atoms with Crippen LogP contribution in [0.15, 0.2) is 99.4 Å². The third-order valence-corrected chi connectivity index (χ3v) is 7.29. The van der Waals surface area contributed by atoms with Crippen molar-refractivity contribution in [3.8, 4) is 11.5 Å². The van der Waals surface area contributed by atoms with Crippen LogP contribution < -0.4 is 15.1 Å². The Balaban J connectivity index is 1.85. The van der Waals surface area contributed by atoms with Gasteiger partial charge in [0.1, 0.15) is 28.4 Å². The number of benzene rings is 3. The minimum atomic E-state index is -1.23. The van der Waals surface area contributed by atoms with E-state index in [1.807, 2.05) is 72.8 Å². The molecule has 0 bridgehead atoms. The normalized spacial score (nSPS) is 20.5. The Morgan fingerprint density at radius 1 is 0.833 bits per heavy atom. The molecule has 0 saturated heterocycles. The van der Waals surface area contributed by atoms with Crippen LogP contribution in [0.3, 0.4) is 0 Å². The molecule has 180 valence electrons. The molecule has 1 aromatic heterocycles. The highest BCUT2D eigenvalue weighted by atomic mass is 16.5. The van der Waals surface area contributed by atoms with Crippen molar-refractivity contribution >= 4 is 16.8 Å². The van der Waals surface area contributed by atoms with Crippen LogP contribution in [0.5, 0.6) is 11.5 Å². The number of hydrogen-bond acceptors (Lipinski definition) is 5. The highest BCUT2D eigenvalue weighted by Gasteiger charge is 2.55. The van der Waals surface area contributed by atoms with E-state index in [-0.39, 0.29) is 11.2 Å². The molecule has 1 unspecified atom stereocenters. The Hall–Kier alpha value is -4.12. The van der Waals surface area contributed by atoms with E-state index in [4.69, 9.17) is 13.9 Å². The Labute approximate surface area is 209 Å². The number of allylic oxidation sites excluding steroid dienone is 2. The van der Waals surface area contributed by atoms with Crippen molar-refractivity contribution in [2.75, 3.05) is 7.11 Å². The van der Waals surface area contributed by atoms with Gasteiger partial charge in [0.2, 0.25) is 0 Å². The molecule has 0 spiro atoms. The Bertz CT molecular complexity index is 1610. The van der Waals surface area contributed by atoms with Gasteiger partial charge in [0.25, 0.3) is 0 Å². The first kappa shape index (κ1) is 22.4. The van der Waals surface area contributed by atoms with E-state index in [0.717, 1.165) is 11.1 Å². The summed E-state index contributed by atoms with van der Waals surface area (Å²) in [5.74, 6) is 1.64. The van der Waals surface area contributed by atoms with Crippen LogP contribution in [0.2, 0.25) is 0 Å². The third-order valence-electron chi connectivity index (χ3n) is 7.29. The lowest BCUT2D eigenvalue weighted by molar-refractivity contribution is -0.119. The van der Waals surface area contributed by atoms with Gasteiger partial charge in [-0.2, -0.15) is 0 Å². The Morgan fingerprint density at radius 2 is 1.56 bits per heavy atom. The number of carbonyl (C=O) groups excluding carboxylic acids is 1. The molecule has 1 atom stereocenters. The van der Waals surface area contributed by atoms with Crippen LogP contribution >= 0.6 is 0 Å². The van der Waals surface area contributed by atoms with Crippen molar-refractivity contribution in [3.63, 3.8) is 0 Å². The second kappa shape index (κ2) is 7.95. The fraction of sp³-hybridized carbons (Fsp3) is 0.226. The average Bonchev–Trinajstić information content (AvgIpc) is 2.87. The third kappa shape index (κ3) is 3.15. The second-order valence-electron chi connectivity index (χ2n) is 10.3. The smallest absolute Gasteiger partial charge is 0.344 e. The summed E-state index contributed by atoms with van der Waals surface area (Å²) in [5, 5.41) is 0.692. The van der Waals surface area contributed by atoms with Crippen LogP contribution in [-0.2, 0) is 10.2 Å². The summed E-state index contributed by atoms with van der Waals surface area (Å²) in [6, 6.07) is 24.6. The molecule has 1 aliphatic heterocycles. The van der Waals surface area contributed by atoms with Gasteiger partial charge in [0, 0.05) is 12.8 Å². The number of methoxy groups -OCH3 is 1. The number of ketones is 1. The van der Waals surface area contributed by atoms with Crippen molar-refractivity contribution in [2.45, 2.75) is 32.1 Å². The number of para-hydroxylation sites is 1. The molecule has 0 fully saturated rings. The number of fused-ring (bicyclic) bond motifs is 3. The molecule has 5 nitrogen and oxygen atoms in total. The maximum atomic E-state index is 14.0. The van der Waals surface area contributed by atoms with E-state index in [9.17, 15) is 9.59 Å². The van der Waals surface area contributed by atoms with Crippen molar-refractivity contribution in [3.05, 3.63) is 117 Å². The summed E-state index contributed by atoms with van der Waals surface area (Å²) >= 11 is 0. The molecule has 5 heteroatoms. The zero-order chi connectivity index (χ0) is 25.1. The molecular formula is C31H26O5. The molecule has 3 aromatic carbocycles. The summed E-state index contributed by atoms with van der Waals surface area (Å²) in [4.78, 5) is 27.9. The van der Waals surface area contributed by atoms with Gasteiger partial charge >= 0.3 is 5.63 Å². The first-order valence-corrected chi connectivity index (χ1v) is 12.1. The van der Waals surface area contributed by atoms with Crippen LogP contribution in [0.1, 0.15) is 43.4 Å². The summed E-state index contributed by atoms with van der Waals surface area (Å²) in [5.41, 5.74) is 0.769. The molecular weight excluding hydrogens is 452 g/mol. The molecule has 0 N–H and O–H groups in total. The van der Waals surface area contributed by atoms with Crippen LogP contribution in [0.25, 0.3) is 11.0 Å². The van der Waals surface area contributed by atoms with Gasteiger partial charge in [-0.1, -0.05) is 68.4 Å². The van der Waals surface area contributed by atoms with Crippen LogP contribution in [0.4, 0.5) is 0 Å². The van der Waals surface area contributed by atoms with Gasteiger partial charge in [0.15, 0.2) is 5.78 Å². The summed E-state index contributed by atoms with van der Waals surface area (Å²) in [6.45, 7) is 4.14. The van der Waals surface area contributed by atoms with E-state index in [1.54, 1.807) is 13.2 Å². The molecule has 4 aromatic rings. The fourth-order valence-corrected chi connectivity index (χ4v) is 5.86. The molecule has 1 aliphatic carbocycles. The number of hydrogen-bond donors (Lipinski definition) is 0. The van der Waals surface area contributed by atoms with Crippen LogP contribution in [-0.4, -0.2) is 12.9 Å². The first-order valence-electron chi connectivity index (χ1n) is 12.1. The maximum Gasteiger partial charge on any atom is 0.344 e. The topological polar surface area (TPSA) is 65.7 Å². The zero-order valence-electron chi connectivity index (χ0n) is 20.5. The standard InChI is InChI=1S/C31H26O5/c1-30(2)17-23(32)26-25(18-30)35-28-22-14-7-8-15-24(22)36-29(33)27(28)31(26,19-10-5-4-6-11-19)20-12-9-13-21(16-20)34-3/h4-16H,17-18H2,1-3H3. The maximum absolute atomic E-state index is 14.0. The van der Waals surface area contributed by atoms with Gasteiger partial charge in [-0.25, -0.2) is 4.79 Å². The Morgan fingerprint density at radius 3 is 2.33 bits per heavy atom. The lowest BCUT2D eigenvalue weighted by atomic mass is 9.59. The lowest BCUT2D eigenvalue weighted by Crippen LogP contribution is -2.46. The molecule has 2 aliphatic rings. The highest BCUT2D eigenvalue weighted by molar-refractivity contribution is 6.03. The minimum Gasteiger partial charge on any atom is -0.497 e. The SMILES string of the molecule is COc1cccc(C2(c3ccccc3)C3=C(CC(C)(C)CC3=O)Oc3c2c(=O)oc2ccccc32)c1. The fourth-order valence-electron chi connectivity index (χ4n) is 5.86. The minimum absolute atomic E-state index is 0.0360. The van der Waals surface area contributed by atoms with E-state index >= 15 is 0 Å². The summed E-state index contributed by atoms with van der Waals surface area (Å²) in [7, 11) is 1.60. The number of rotatable bonds is 3. The number of Topliss-reactive ketones (excluding diaryl/α,β-unsaturated/α-hetero) is 1. The highest BCUT2D eigenvalue weighted by Crippen LogP contribution is 2.57. The first-order chi connectivity index (χ1) is 17.3. The number of ether oxygens (including phenoxy) is 2. The second-order valence-corrected chi connectivity index (χ2v) is 10.3. The van der Waals surface area contributed by atoms with Gasteiger partial charge in [-0.3, -0.25) is 4.79 Å². The monoisotopic (exact) mass is 478 g/mol. The number of carbonyl (C=O) groups is 1. The van der Waals surface area contributed by atoms with Gasteiger partial charge < -0.3 is 13.9 Å². The van der Waals surface area contributed by atoms with Gasteiger partial charge in [0.05, 0.1) is 23.5 Å². The van der Waals surface area contributed by atoms with E-state index in [0.29, 0.717) is 52.2 Å². The van der Waals surface area contributed by atoms with Crippen molar-refractivity contribution in [1.82, 2.24) is 0 Å². The van der Waals surface area contributed by atoms with Gasteiger partial charge in [-0.15, -0.1) is 0 Å². The van der Waals surface area contributed by atoms with Crippen molar-refractivity contribution < 1.29 is 18.7 Å². The summed E-state index contributed by atoms with van der Waals surface area (Å²) < 4.78 is 18.0. The van der Waals surface area contributed by atoms with E-state index < -0.39 is 11.0 Å². The summed E-state index contributed by atoms with van der Waals surface area (Å²) in [6.07, 6.45) is 0.919.